The third-order valence-corrected chi connectivity index (χ3v) is 2.36. The minimum absolute atomic E-state index is 0.350. The van der Waals surface area contributed by atoms with Gasteiger partial charge in [-0.05, 0) is 19.1 Å². The van der Waals surface area contributed by atoms with E-state index < -0.39 is 0 Å². The molecule has 66 valence electrons. The molecule has 0 aliphatic carbocycles. The summed E-state index contributed by atoms with van der Waals surface area (Å²) in [6.45, 7) is 1.82. The number of halogens is 1. The van der Waals surface area contributed by atoms with E-state index in [2.05, 4.69) is 0 Å². The van der Waals surface area contributed by atoms with E-state index in [9.17, 15) is 4.79 Å². The lowest BCUT2D eigenvalue weighted by molar-refractivity contribution is 0.110. The Morgan fingerprint density at radius 2 is 2.23 bits per heavy atom. The molecule has 2 aromatic rings. The molecule has 1 aromatic heterocycles. The fourth-order valence-corrected chi connectivity index (χ4v) is 1.69. The first-order valence-corrected chi connectivity index (χ1v) is 4.24. The van der Waals surface area contributed by atoms with Crippen molar-refractivity contribution in [1.29, 1.82) is 0 Å². The van der Waals surface area contributed by atoms with Gasteiger partial charge in [-0.15, -0.1) is 0 Å². The van der Waals surface area contributed by atoms with Crippen LogP contribution in [0.3, 0.4) is 0 Å². The van der Waals surface area contributed by atoms with Gasteiger partial charge in [-0.25, -0.2) is 0 Å². The van der Waals surface area contributed by atoms with E-state index in [1.807, 2.05) is 6.92 Å². The highest BCUT2D eigenvalue weighted by Gasteiger charge is 2.11. The van der Waals surface area contributed by atoms with Gasteiger partial charge in [0.15, 0.2) is 12.0 Å². The summed E-state index contributed by atoms with van der Waals surface area (Å²) in [5.74, 6) is 0.350. The first kappa shape index (κ1) is 8.32. The van der Waals surface area contributed by atoms with Crippen LogP contribution in [0.25, 0.3) is 11.0 Å². The maximum absolute atomic E-state index is 10.6. The van der Waals surface area contributed by atoms with Crippen molar-refractivity contribution in [3.63, 3.8) is 0 Å². The predicted molar refractivity (Wildman–Crippen MR) is 51.3 cm³/mol. The average Bonchev–Trinajstić information content (AvgIpc) is 2.44. The van der Waals surface area contributed by atoms with Crippen LogP contribution in [0, 0.1) is 6.92 Å². The average molecular weight is 195 g/mol. The van der Waals surface area contributed by atoms with Crippen molar-refractivity contribution in [2.45, 2.75) is 6.92 Å². The van der Waals surface area contributed by atoms with E-state index in [1.54, 1.807) is 18.2 Å². The smallest absolute Gasteiger partial charge is 0.185 e. The standard InChI is InChI=1S/C10H7ClO2/c1-6-9(5-12)13-8-4-2-3-7(11)10(6)8/h2-5H,1H3. The Bertz CT molecular complexity index is 471. The molecule has 2 nitrogen and oxygen atoms in total. The van der Waals surface area contributed by atoms with E-state index in [0.29, 0.717) is 22.7 Å². The van der Waals surface area contributed by atoms with E-state index in [-0.39, 0.29) is 0 Å². The summed E-state index contributed by atoms with van der Waals surface area (Å²) in [6.07, 6.45) is 0.700. The number of hydrogen-bond donors (Lipinski definition) is 0. The molecule has 0 fully saturated rings. The van der Waals surface area contributed by atoms with Gasteiger partial charge in [0.05, 0.1) is 5.02 Å². The molecule has 0 spiro atoms. The number of rotatable bonds is 1. The van der Waals surface area contributed by atoms with E-state index in [1.165, 1.54) is 0 Å². The van der Waals surface area contributed by atoms with Crippen LogP contribution in [0.15, 0.2) is 22.6 Å². The zero-order valence-electron chi connectivity index (χ0n) is 7.00. The molecule has 13 heavy (non-hydrogen) atoms. The van der Waals surface area contributed by atoms with E-state index in [4.69, 9.17) is 16.0 Å². The van der Waals surface area contributed by atoms with Crippen molar-refractivity contribution in [2.24, 2.45) is 0 Å². The maximum atomic E-state index is 10.6. The fraction of sp³-hybridized carbons (Fsp3) is 0.100. The van der Waals surface area contributed by atoms with Crippen molar-refractivity contribution in [2.75, 3.05) is 0 Å². The number of carbonyl (C=O) groups excluding carboxylic acids is 1. The van der Waals surface area contributed by atoms with Gasteiger partial charge in [-0.3, -0.25) is 4.79 Å². The highest BCUT2D eigenvalue weighted by atomic mass is 35.5. The summed E-state index contributed by atoms with van der Waals surface area (Å²) in [6, 6.07) is 5.37. The number of aryl methyl sites for hydroxylation is 1. The van der Waals surface area contributed by atoms with Crippen LogP contribution >= 0.6 is 11.6 Å². The van der Waals surface area contributed by atoms with Crippen molar-refractivity contribution in [1.82, 2.24) is 0 Å². The molecule has 0 bridgehead atoms. The van der Waals surface area contributed by atoms with E-state index in [0.717, 1.165) is 10.9 Å². The van der Waals surface area contributed by atoms with Crippen molar-refractivity contribution in [3.8, 4) is 0 Å². The Morgan fingerprint density at radius 3 is 2.85 bits per heavy atom. The zero-order chi connectivity index (χ0) is 9.42. The second kappa shape index (κ2) is 2.89. The van der Waals surface area contributed by atoms with Crippen LogP contribution in [0.2, 0.25) is 5.02 Å². The Kier molecular flexibility index (Phi) is 1.85. The third-order valence-electron chi connectivity index (χ3n) is 2.05. The minimum atomic E-state index is 0.350. The second-order valence-electron chi connectivity index (χ2n) is 2.82. The first-order chi connectivity index (χ1) is 6.24. The summed E-state index contributed by atoms with van der Waals surface area (Å²) >= 11 is 5.96. The Labute approximate surface area is 80.1 Å². The lowest BCUT2D eigenvalue weighted by Gasteiger charge is -1.91. The number of benzene rings is 1. The summed E-state index contributed by atoms with van der Waals surface area (Å²) < 4.78 is 5.28. The molecule has 0 radical (unpaired) electrons. The second-order valence-corrected chi connectivity index (χ2v) is 3.23. The topological polar surface area (TPSA) is 30.2 Å². The zero-order valence-corrected chi connectivity index (χ0v) is 7.76. The first-order valence-electron chi connectivity index (χ1n) is 3.87. The van der Waals surface area contributed by atoms with Crippen LogP contribution in [0.5, 0.6) is 0 Å². The van der Waals surface area contributed by atoms with Gasteiger partial charge in [0.2, 0.25) is 0 Å². The SMILES string of the molecule is Cc1c(C=O)oc2cccc(Cl)c12. The van der Waals surface area contributed by atoms with Crippen LogP contribution in [-0.2, 0) is 0 Å². The molecule has 0 atom stereocenters. The lowest BCUT2D eigenvalue weighted by Crippen LogP contribution is -1.77. The summed E-state index contributed by atoms with van der Waals surface area (Å²) in [7, 11) is 0. The Morgan fingerprint density at radius 1 is 1.46 bits per heavy atom. The van der Waals surface area contributed by atoms with Gasteiger partial charge in [-0.2, -0.15) is 0 Å². The highest BCUT2D eigenvalue weighted by molar-refractivity contribution is 6.35. The van der Waals surface area contributed by atoms with Gasteiger partial charge in [0.25, 0.3) is 0 Å². The third kappa shape index (κ3) is 1.14. The molecule has 0 unspecified atom stereocenters. The Hall–Kier alpha value is -1.28. The molecule has 0 saturated heterocycles. The maximum Gasteiger partial charge on any atom is 0.185 e. The predicted octanol–water partition coefficient (Wildman–Crippen LogP) is 3.21. The van der Waals surface area contributed by atoms with Crippen LogP contribution < -0.4 is 0 Å². The summed E-state index contributed by atoms with van der Waals surface area (Å²) in [5, 5.41) is 1.44. The van der Waals surface area contributed by atoms with Crippen molar-refractivity contribution < 1.29 is 9.21 Å². The number of fused-ring (bicyclic) bond motifs is 1. The monoisotopic (exact) mass is 194 g/mol. The number of hydrogen-bond acceptors (Lipinski definition) is 2. The molecule has 0 N–H and O–H groups in total. The largest absolute Gasteiger partial charge is 0.453 e. The number of furan rings is 1. The van der Waals surface area contributed by atoms with E-state index >= 15 is 0 Å². The number of carbonyl (C=O) groups is 1. The normalized spacial score (nSPS) is 10.6. The molecule has 0 aliphatic heterocycles. The van der Waals surface area contributed by atoms with Crippen molar-refractivity contribution in [3.05, 3.63) is 34.5 Å². The molecule has 0 aliphatic rings. The number of aldehydes is 1. The molecule has 3 heteroatoms. The van der Waals surface area contributed by atoms with Crippen LogP contribution in [0.4, 0.5) is 0 Å². The molecule has 0 amide bonds. The van der Waals surface area contributed by atoms with Gasteiger partial charge in [0, 0.05) is 10.9 Å². The molecule has 2 rings (SSSR count). The molecule has 1 aromatic carbocycles. The molecular formula is C10H7ClO2. The van der Waals surface area contributed by atoms with Gasteiger partial charge in [0.1, 0.15) is 5.58 Å². The fourth-order valence-electron chi connectivity index (χ4n) is 1.38. The highest BCUT2D eigenvalue weighted by Crippen LogP contribution is 2.30. The summed E-state index contributed by atoms with van der Waals surface area (Å²) in [5.41, 5.74) is 1.46. The van der Waals surface area contributed by atoms with Gasteiger partial charge in [-0.1, -0.05) is 17.7 Å². The molecule has 1 heterocycles. The minimum Gasteiger partial charge on any atom is -0.453 e. The van der Waals surface area contributed by atoms with Gasteiger partial charge < -0.3 is 4.42 Å². The summed E-state index contributed by atoms with van der Waals surface area (Å²) in [4.78, 5) is 10.6. The Balaban J connectivity index is 2.92. The van der Waals surface area contributed by atoms with Crippen LogP contribution in [-0.4, -0.2) is 6.29 Å². The lowest BCUT2D eigenvalue weighted by atomic mass is 10.1. The van der Waals surface area contributed by atoms with Gasteiger partial charge >= 0.3 is 0 Å². The van der Waals surface area contributed by atoms with Crippen molar-refractivity contribution >= 4 is 28.9 Å². The molecular weight excluding hydrogens is 188 g/mol. The molecule has 0 saturated carbocycles. The van der Waals surface area contributed by atoms with Crippen LogP contribution in [0.1, 0.15) is 16.1 Å². The quantitative estimate of drug-likeness (QED) is 0.653.